The van der Waals surface area contributed by atoms with Crippen LogP contribution in [0.15, 0.2) is 18.2 Å². The summed E-state index contributed by atoms with van der Waals surface area (Å²) in [6.07, 6.45) is 5.19. The number of hydrogen-bond acceptors (Lipinski definition) is 3. The van der Waals surface area contributed by atoms with Crippen LogP contribution >= 0.6 is 0 Å². The number of methoxy groups -OCH3 is 1. The van der Waals surface area contributed by atoms with Crippen molar-refractivity contribution in [1.29, 1.82) is 0 Å². The summed E-state index contributed by atoms with van der Waals surface area (Å²) in [5.74, 6) is 0.983. The minimum absolute atomic E-state index is 0.682. The first-order valence-electron chi connectivity index (χ1n) is 8.32. The Morgan fingerprint density at radius 3 is 2.86 bits per heavy atom. The molecule has 1 aromatic carbocycles. The molecule has 0 radical (unpaired) electrons. The van der Waals surface area contributed by atoms with E-state index in [1.54, 1.807) is 7.11 Å². The number of ether oxygens (including phenoxy) is 1. The number of aryl methyl sites for hydroxylation is 1. The van der Waals surface area contributed by atoms with Crippen molar-refractivity contribution < 1.29 is 4.74 Å². The molecule has 1 saturated heterocycles. The summed E-state index contributed by atoms with van der Waals surface area (Å²) in [6, 6.07) is 7.24. The number of nitrogens with one attached hydrogen (secondary N) is 1. The summed E-state index contributed by atoms with van der Waals surface area (Å²) in [7, 11) is 1.74. The molecule has 1 N–H and O–H groups in total. The van der Waals surface area contributed by atoms with E-state index in [1.807, 2.05) is 0 Å². The minimum atomic E-state index is 0.682. The van der Waals surface area contributed by atoms with E-state index < -0.39 is 0 Å². The lowest BCUT2D eigenvalue weighted by atomic mass is 10.1. The fourth-order valence-electron chi connectivity index (χ4n) is 3.14. The van der Waals surface area contributed by atoms with E-state index in [0.717, 1.165) is 12.3 Å². The van der Waals surface area contributed by atoms with Crippen LogP contribution in [-0.4, -0.2) is 37.7 Å². The number of nitrogens with zero attached hydrogens (tertiary/aromatic N) is 1. The zero-order chi connectivity index (χ0) is 15.1. The molecule has 1 aliphatic rings. The molecule has 0 aromatic heterocycles. The van der Waals surface area contributed by atoms with Crippen molar-refractivity contribution in [2.24, 2.45) is 0 Å². The van der Waals surface area contributed by atoms with Crippen LogP contribution in [0.3, 0.4) is 0 Å². The number of unbranched alkanes of at least 4 members (excludes halogenated alkanes) is 1. The first-order chi connectivity index (χ1) is 10.2. The lowest BCUT2D eigenvalue weighted by molar-refractivity contribution is 0.237. The Morgan fingerprint density at radius 1 is 1.38 bits per heavy atom. The molecule has 0 aliphatic carbocycles. The summed E-state index contributed by atoms with van der Waals surface area (Å²) in [5, 5.41) is 3.62. The molecule has 3 heteroatoms. The monoisotopic (exact) mass is 290 g/mol. The van der Waals surface area contributed by atoms with Crippen LogP contribution in [0.5, 0.6) is 5.75 Å². The molecule has 1 aliphatic heterocycles. The Kier molecular flexibility index (Phi) is 6.52. The van der Waals surface area contributed by atoms with Crippen molar-refractivity contribution in [3.05, 3.63) is 29.3 Å². The van der Waals surface area contributed by atoms with Crippen LogP contribution in [-0.2, 0) is 6.54 Å². The molecular weight excluding hydrogens is 260 g/mol. The van der Waals surface area contributed by atoms with Gasteiger partial charge in [-0.2, -0.15) is 0 Å². The van der Waals surface area contributed by atoms with Gasteiger partial charge in [-0.3, -0.25) is 4.90 Å². The quantitative estimate of drug-likeness (QED) is 0.794. The van der Waals surface area contributed by atoms with Crippen LogP contribution < -0.4 is 10.1 Å². The Labute approximate surface area is 129 Å². The van der Waals surface area contributed by atoms with Gasteiger partial charge >= 0.3 is 0 Å². The Bertz CT molecular complexity index is 427. The van der Waals surface area contributed by atoms with Gasteiger partial charge in [0.25, 0.3) is 0 Å². The van der Waals surface area contributed by atoms with Crippen molar-refractivity contribution >= 4 is 0 Å². The van der Waals surface area contributed by atoms with Crippen LogP contribution in [0.2, 0.25) is 0 Å². The van der Waals surface area contributed by atoms with E-state index in [2.05, 4.69) is 42.3 Å². The molecule has 1 unspecified atom stereocenters. The smallest absolute Gasteiger partial charge is 0.121 e. The van der Waals surface area contributed by atoms with Gasteiger partial charge in [-0.05, 0) is 56.5 Å². The standard InChI is InChI=1S/C18H30N2O/c1-4-5-11-20(14-17-7-6-10-19-17)13-16-8-9-18(21-3)15(2)12-16/h8-9,12,17,19H,4-7,10-11,13-14H2,1-3H3. The van der Waals surface area contributed by atoms with E-state index in [4.69, 9.17) is 4.74 Å². The van der Waals surface area contributed by atoms with Crippen LogP contribution in [0.4, 0.5) is 0 Å². The maximum absolute atomic E-state index is 5.35. The fourth-order valence-corrected chi connectivity index (χ4v) is 3.14. The number of hydrogen-bond donors (Lipinski definition) is 1. The van der Waals surface area contributed by atoms with Crippen molar-refractivity contribution in [1.82, 2.24) is 10.2 Å². The van der Waals surface area contributed by atoms with Gasteiger partial charge in [-0.25, -0.2) is 0 Å². The molecule has 0 spiro atoms. The summed E-state index contributed by atoms with van der Waals surface area (Å²) in [6.45, 7) is 8.99. The lowest BCUT2D eigenvalue weighted by Gasteiger charge is -2.26. The largest absolute Gasteiger partial charge is 0.496 e. The highest BCUT2D eigenvalue weighted by molar-refractivity contribution is 5.36. The average Bonchev–Trinajstić information content (AvgIpc) is 2.98. The fraction of sp³-hybridized carbons (Fsp3) is 0.667. The zero-order valence-electron chi connectivity index (χ0n) is 13.8. The highest BCUT2D eigenvalue weighted by Crippen LogP contribution is 2.20. The second-order valence-corrected chi connectivity index (χ2v) is 6.19. The molecule has 21 heavy (non-hydrogen) atoms. The van der Waals surface area contributed by atoms with Gasteiger partial charge < -0.3 is 10.1 Å². The minimum Gasteiger partial charge on any atom is -0.496 e. The van der Waals surface area contributed by atoms with E-state index >= 15 is 0 Å². The highest BCUT2D eigenvalue weighted by atomic mass is 16.5. The van der Waals surface area contributed by atoms with E-state index in [9.17, 15) is 0 Å². The molecule has 1 atom stereocenters. The maximum Gasteiger partial charge on any atom is 0.121 e. The zero-order valence-corrected chi connectivity index (χ0v) is 13.8. The van der Waals surface area contributed by atoms with Crippen LogP contribution in [0.25, 0.3) is 0 Å². The molecule has 1 aromatic rings. The van der Waals surface area contributed by atoms with Gasteiger partial charge in [0.2, 0.25) is 0 Å². The third-order valence-corrected chi connectivity index (χ3v) is 4.33. The molecule has 3 nitrogen and oxygen atoms in total. The van der Waals surface area contributed by atoms with Gasteiger partial charge in [0.1, 0.15) is 5.75 Å². The molecule has 0 amide bonds. The van der Waals surface area contributed by atoms with Crippen LogP contribution in [0, 0.1) is 6.92 Å². The highest BCUT2D eigenvalue weighted by Gasteiger charge is 2.18. The Hall–Kier alpha value is -1.06. The number of benzene rings is 1. The molecule has 1 fully saturated rings. The third-order valence-electron chi connectivity index (χ3n) is 4.33. The van der Waals surface area contributed by atoms with Gasteiger partial charge in [0.15, 0.2) is 0 Å². The molecule has 0 saturated carbocycles. The van der Waals surface area contributed by atoms with E-state index in [-0.39, 0.29) is 0 Å². The second kappa shape index (κ2) is 8.40. The van der Waals surface area contributed by atoms with Crippen molar-refractivity contribution in [2.75, 3.05) is 26.7 Å². The van der Waals surface area contributed by atoms with Gasteiger partial charge in [-0.1, -0.05) is 25.5 Å². The summed E-state index contributed by atoms with van der Waals surface area (Å²) < 4.78 is 5.35. The van der Waals surface area contributed by atoms with E-state index in [0.29, 0.717) is 6.04 Å². The summed E-state index contributed by atoms with van der Waals surface area (Å²) in [5.41, 5.74) is 2.62. The molecular formula is C18H30N2O. The third kappa shape index (κ3) is 5.01. The molecule has 2 rings (SSSR count). The van der Waals surface area contributed by atoms with Gasteiger partial charge in [0.05, 0.1) is 7.11 Å². The predicted molar refractivity (Wildman–Crippen MR) is 88.9 cm³/mol. The summed E-state index contributed by atoms with van der Waals surface area (Å²) in [4.78, 5) is 2.60. The van der Waals surface area contributed by atoms with E-state index in [1.165, 1.54) is 56.4 Å². The SMILES string of the molecule is CCCCN(Cc1ccc(OC)c(C)c1)CC1CCCN1. The second-order valence-electron chi connectivity index (χ2n) is 6.19. The van der Waals surface area contributed by atoms with Crippen molar-refractivity contribution in [2.45, 2.75) is 52.1 Å². The first-order valence-corrected chi connectivity index (χ1v) is 8.32. The topological polar surface area (TPSA) is 24.5 Å². The van der Waals surface area contributed by atoms with Gasteiger partial charge in [0, 0.05) is 19.1 Å². The van der Waals surface area contributed by atoms with Crippen LogP contribution in [0.1, 0.15) is 43.7 Å². The molecule has 118 valence electrons. The summed E-state index contributed by atoms with van der Waals surface area (Å²) >= 11 is 0. The molecule has 0 bridgehead atoms. The van der Waals surface area contributed by atoms with Gasteiger partial charge in [-0.15, -0.1) is 0 Å². The van der Waals surface area contributed by atoms with Crippen molar-refractivity contribution in [3.8, 4) is 5.75 Å². The first kappa shape index (κ1) is 16.3. The Morgan fingerprint density at radius 2 is 2.24 bits per heavy atom. The molecule has 1 heterocycles. The predicted octanol–water partition coefficient (Wildman–Crippen LogP) is 3.36. The normalized spacial score (nSPS) is 18.4. The maximum atomic E-state index is 5.35. The van der Waals surface area contributed by atoms with Crippen molar-refractivity contribution in [3.63, 3.8) is 0 Å². The number of rotatable bonds is 8. The average molecular weight is 290 g/mol. The Balaban J connectivity index is 1.97. The lowest BCUT2D eigenvalue weighted by Crippen LogP contribution is -2.37.